The third-order valence-electron chi connectivity index (χ3n) is 3.28. The number of anilines is 1. The molecule has 3 nitrogen and oxygen atoms in total. The van der Waals surface area contributed by atoms with Crippen LogP contribution in [-0.4, -0.2) is 11.1 Å². The van der Waals surface area contributed by atoms with E-state index in [9.17, 15) is 9.90 Å². The summed E-state index contributed by atoms with van der Waals surface area (Å²) in [6.07, 6.45) is 0. The summed E-state index contributed by atoms with van der Waals surface area (Å²) in [6, 6.07) is 15.0. The molecule has 104 valence electrons. The summed E-state index contributed by atoms with van der Waals surface area (Å²) < 4.78 is 0.902. The van der Waals surface area contributed by atoms with Crippen LogP contribution in [0.2, 0.25) is 0 Å². The van der Waals surface area contributed by atoms with Gasteiger partial charge in [-0.15, -0.1) is 0 Å². The van der Waals surface area contributed by atoms with Crippen LogP contribution in [0.1, 0.15) is 18.1 Å². The molecule has 0 aliphatic heterocycles. The summed E-state index contributed by atoms with van der Waals surface area (Å²) in [5.74, 6) is -0.915. The number of hydrogen-bond acceptors (Lipinski definition) is 2. The van der Waals surface area contributed by atoms with Crippen molar-refractivity contribution in [3.05, 3.63) is 64.1 Å². The van der Waals surface area contributed by atoms with Crippen molar-refractivity contribution in [2.45, 2.75) is 19.4 Å². The molecular formula is C16H16BrNO2. The number of halogens is 1. The lowest BCUT2D eigenvalue weighted by Crippen LogP contribution is -2.40. The molecule has 2 aromatic carbocycles. The highest BCUT2D eigenvalue weighted by Crippen LogP contribution is 2.28. The molecule has 0 aliphatic carbocycles. The fourth-order valence-corrected chi connectivity index (χ4v) is 2.39. The summed E-state index contributed by atoms with van der Waals surface area (Å²) in [5.41, 5.74) is 1.40. The van der Waals surface area contributed by atoms with Crippen LogP contribution >= 0.6 is 15.9 Å². The molecule has 1 atom stereocenters. The predicted octanol–water partition coefficient (Wildman–Crippen LogP) is 4.17. The molecule has 20 heavy (non-hydrogen) atoms. The van der Waals surface area contributed by atoms with Crippen molar-refractivity contribution in [3.8, 4) is 0 Å². The average Bonchev–Trinajstić information content (AvgIpc) is 2.39. The number of carboxylic acids is 1. The normalized spacial score (nSPS) is 13.6. The molecule has 0 aliphatic rings. The SMILES string of the molecule is Cc1ccc(C(C)(Nc2cccc(Br)c2)C(=O)O)cc1. The number of hydrogen-bond donors (Lipinski definition) is 2. The van der Waals surface area contributed by atoms with Crippen molar-refractivity contribution >= 4 is 27.6 Å². The van der Waals surface area contributed by atoms with Gasteiger partial charge in [0.25, 0.3) is 0 Å². The van der Waals surface area contributed by atoms with E-state index in [-0.39, 0.29) is 0 Å². The zero-order chi connectivity index (χ0) is 14.8. The van der Waals surface area contributed by atoms with Gasteiger partial charge >= 0.3 is 5.97 Å². The molecule has 4 heteroatoms. The highest BCUT2D eigenvalue weighted by molar-refractivity contribution is 9.10. The topological polar surface area (TPSA) is 49.3 Å². The monoisotopic (exact) mass is 333 g/mol. The first-order valence-corrected chi connectivity index (χ1v) is 7.05. The fraction of sp³-hybridized carbons (Fsp3) is 0.188. The van der Waals surface area contributed by atoms with E-state index in [2.05, 4.69) is 21.2 Å². The first kappa shape index (κ1) is 14.6. The van der Waals surface area contributed by atoms with Crippen molar-refractivity contribution in [2.24, 2.45) is 0 Å². The van der Waals surface area contributed by atoms with E-state index < -0.39 is 11.5 Å². The van der Waals surface area contributed by atoms with Gasteiger partial charge in [-0.25, -0.2) is 4.79 Å². The lowest BCUT2D eigenvalue weighted by molar-refractivity contribution is -0.142. The minimum atomic E-state index is -1.17. The maximum Gasteiger partial charge on any atom is 0.333 e. The van der Waals surface area contributed by atoms with Crippen molar-refractivity contribution in [1.29, 1.82) is 0 Å². The van der Waals surface area contributed by atoms with Crippen LogP contribution < -0.4 is 5.32 Å². The van der Waals surface area contributed by atoms with Crippen LogP contribution in [0.5, 0.6) is 0 Å². The van der Waals surface area contributed by atoms with E-state index in [0.717, 1.165) is 21.3 Å². The first-order chi connectivity index (χ1) is 9.41. The molecule has 1 unspecified atom stereocenters. The van der Waals surface area contributed by atoms with Gasteiger partial charge in [0.2, 0.25) is 0 Å². The molecule has 0 saturated heterocycles. The summed E-state index contributed by atoms with van der Waals surface area (Å²) in [6.45, 7) is 3.64. The Hall–Kier alpha value is -1.81. The first-order valence-electron chi connectivity index (χ1n) is 6.26. The van der Waals surface area contributed by atoms with Crippen molar-refractivity contribution < 1.29 is 9.90 Å². The third-order valence-corrected chi connectivity index (χ3v) is 3.77. The number of aliphatic carboxylic acids is 1. The van der Waals surface area contributed by atoms with Crippen LogP contribution in [0.25, 0.3) is 0 Å². The maximum atomic E-state index is 11.7. The highest BCUT2D eigenvalue weighted by Gasteiger charge is 2.35. The number of carboxylic acid groups (broad SMARTS) is 1. The van der Waals surface area contributed by atoms with Crippen molar-refractivity contribution in [3.63, 3.8) is 0 Å². The van der Waals surface area contributed by atoms with Crippen LogP contribution in [0.3, 0.4) is 0 Å². The van der Waals surface area contributed by atoms with Crippen LogP contribution in [-0.2, 0) is 10.3 Å². The summed E-state index contributed by atoms with van der Waals surface area (Å²) in [4.78, 5) is 11.7. The standard InChI is InChI=1S/C16H16BrNO2/c1-11-6-8-12(9-7-11)16(2,15(19)20)18-14-5-3-4-13(17)10-14/h3-10,18H,1-2H3,(H,19,20). The lowest BCUT2D eigenvalue weighted by atomic mass is 9.91. The molecular weight excluding hydrogens is 318 g/mol. The highest BCUT2D eigenvalue weighted by atomic mass is 79.9. The smallest absolute Gasteiger partial charge is 0.333 e. The van der Waals surface area contributed by atoms with E-state index >= 15 is 0 Å². The molecule has 0 radical (unpaired) electrons. The molecule has 2 rings (SSSR count). The Labute approximate surface area is 126 Å². The second kappa shape index (κ2) is 5.67. The van der Waals surface area contributed by atoms with Gasteiger partial charge in [-0.2, -0.15) is 0 Å². The molecule has 0 amide bonds. The van der Waals surface area contributed by atoms with Gasteiger partial charge in [0.05, 0.1) is 0 Å². The number of rotatable bonds is 4. The average molecular weight is 334 g/mol. The number of aryl methyl sites for hydroxylation is 1. The van der Waals surface area contributed by atoms with E-state index in [4.69, 9.17) is 0 Å². The van der Waals surface area contributed by atoms with Gasteiger partial charge in [0.15, 0.2) is 5.54 Å². The minimum absolute atomic E-state index is 0.718. The Morgan fingerprint density at radius 1 is 1.20 bits per heavy atom. The van der Waals surface area contributed by atoms with E-state index in [1.807, 2.05) is 55.5 Å². The number of benzene rings is 2. The zero-order valence-corrected chi connectivity index (χ0v) is 12.9. The van der Waals surface area contributed by atoms with Crippen LogP contribution in [0, 0.1) is 6.92 Å². The molecule has 0 aromatic heterocycles. The largest absolute Gasteiger partial charge is 0.479 e. The van der Waals surface area contributed by atoms with E-state index in [0.29, 0.717) is 0 Å². The minimum Gasteiger partial charge on any atom is -0.479 e. The fourth-order valence-electron chi connectivity index (χ4n) is 1.99. The summed E-state index contributed by atoms with van der Waals surface area (Å²) >= 11 is 3.39. The van der Waals surface area contributed by atoms with Gasteiger partial charge < -0.3 is 10.4 Å². The molecule has 0 saturated carbocycles. The maximum absolute atomic E-state index is 11.7. The summed E-state index contributed by atoms with van der Waals surface area (Å²) in [5, 5.41) is 12.7. The zero-order valence-electron chi connectivity index (χ0n) is 11.4. The van der Waals surface area contributed by atoms with E-state index in [1.165, 1.54) is 0 Å². The quantitative estimate of drug-likeness (QED) is 0.882. The molecule has 2 aromatic rings. The Morgan fingerprint density at radius 2 is 1.85 bits per heavy atom. The van der Waals surface area contributed by atoms with Crippen LogP contribution in [0.4, 0.5) is 5.69 Å². The Bertz CT molecular complexity index is 625. The molecule has 0 fully saturated rings. The Morgan fingerprint density at radius 3 is 2.40 bits per heavy atom. The molecule has 2 N–H and O–H groups in total. The molecule has 0 bridgehead atoms. The second-order valence-corrected chi connectivity index (χ2v) is 5.85. The second-order valence-electron chi connectivity index (χ2n) is 4.93. The van der Waals surface area contributed by atoms with Crippen molar-refractivity contribution in [1.82, 2.24) is 0 Å². The van der Waals surface area contributed by atoms with Gasteiger partial charge in [-0.05, 0) is 37.6 Å². The summed E-state index contributed by atoms with van der Waals surface area (Å²) in [7, 11) is 0. The van der Waals surface area contributed by atoms with Gasteiger partial charge in [-0.3, -0.25) is 0 Å². The Kier molecular flexibility index (Phi) is 4.14. The molecule has 0 spiro atoms. The van der Waals surface area contributed by atoms with Gasteiger partial charge in [0, 0.05) is 10.2 Å². The van der Waals surface area contributed by atoms with Crippen LogP contribution in [0.15, 0.2) is 53.0 Å². The predicted molar refractivity (Wildman–Crippen MR) is 83.9 cm³/mol. The van der Waals surface area contributed by atoms with E-state index in [1.54, 1.807) is 6.92 Å². The lowest BCUT2D eigenvalue weighted by Gasteiger charge is -2.28. The number of nitrogens with one attached hydrogen (secondary N) is 1. The molecule has 0 heterocycles. The van der Waals surface area contributed by atoms with Gasteiger partial charge in [-0.1, -0.05) is 51.8 Å². The van der Waals surface area contributed by atoms with Crippen molar-refractivity contribution in [2.75, 3.05) is 5.32 Å². The number of carbonyl (C=O) groups is 1. The Balaban J connectivity index is 2.39. The third kappa shape index (κ3) is 3.02. The van der Waals surface area contributed by atoms with Gasteiger partial charge in [0.1, 0.15) is 0 Å².